The number of fused-ring (bicyclic) bond motifs is 1. The molecule has 2 aromatic rings. The summed E-state index contributed by atoms with van der Waals surface area (Å²) < 4.78 is 7.45. The molecular weight excluding hydrogens is 314 g/mol. The lowest BCUT2D eigenvalue weighted by molar-refractivity contribution is -0.122. The van der Waals surface area contributed by atoms with Gasteiger partial charge in [0.05, 0.1) is 17.4 Å². The Morgan fingerprint density at radius 1 is 1.16 bits per heavy atom. The van der Waals surface area contributed by atoms with Gasteiger partial charge in [0.25, 0.3) is 0 Å². The summed E-state index contributed by atoms with van der Waals surface area (Å²) in [5.74, 6) is 0.653. The summed E-state index contributed by atoms with van der Waals surface area (Å²) in [5.41, 5.74) is 3.36. The fourth-order valence-corrected chi connectivity index (χ4v) is 4.16. The van der Waals surface area contributed by atoms with Crippen LogP contribution in [0.4, 0.5) is 0 Å². The number of nitrogens with zero attached hydrogens (tertiary/aromatic N) is 2. The molecule has 0 atom stereocenters. The molecule has 25 heavy (non-hydrogen) atoms. The van der Waals surface area contributed by atoms with Gasteiger partial charge in [0.2, 0.25) is 5.91 Å². The number of amides is 1. The molecule has 134 valence electrons. The van der Waals surface area contributed by atoms with Crippen LogP contribution >= 0.6 is 0 Å². The van der Waals surface area contributed by atoms with Gasteiger partial charge >= 0.3 is 0 Å². The van der Waals surface area contributed by atoms with E-state index in [1.165, 1.54) is 24.8 Å². The van der Waals surface area contributed by atoms with E-state index < -0.39 is 0 Å². The highest BCUT2D eigenvalue weighted by Crippen LogP contribution is 2.29. The van der Waals surface area contributed by atoms with Crippen molar-refractivity contribution in [3.8, 4) is 0 Å². The fraction of sp³-hybridized carbons (Fsp3) is 0.600. The summed E-state index contributed by atoms with van der Waals surface area (Å²) >= 11 is 0. The molecule has 1 saturated heterocycles. The fourth-order valence-electron chi connectivity index (χ4n) is 4.16. The van der Waals surface area contributed by atoms with Gasteiger partial charge in [-0.25, -0.2) is 4.98 Å². The summed E-state index contributed by atoms with van der Waals surface area (Å²) in [4.78, 5) is 16.9. The van der Waals surface area contributed by atoms with Gasteiger partial charge in [0, 0.05) is 19.3 Å². The van der Waals surface area contributed by atoms with Crippen LogP contribution < -0.4 is 5.32 Å². The molecule has 0 unspecified atom stereocenters. The molecule has 1 saturated carbocycles. The van der Waals surface area contributed by atoms with Crippen molar-refractivity contribution in [2.45, 2.75) is 63.5 Å². The van der Waals surface area contributed by atoms with Crippen molar-refractivity contribution < 1.29 is 9.53 Å². The van der Waals surface area contributed by atoms with Crippen molar-refractivity contribution >= 4 is 16.9 Å². The van der Waals surface area contributed by atoms with Crippen LogP contribution in [0.2, 0.25) is 0 Å². The average Bonchev–Trinajstić information content (AvgIpc) is 3.05. The third kappa shape index (κ3) is 3.87. The molecule has 1 amide bonds. The maximum atomic E-state index is 12.4. The van der Waals surface area contributed by atoms with E-state index in [1.54, 1.807) is 6.33 Å². The number of aromatic nitrogens is 2. The van der Waals surface area contributed by atoms with Crippen LogP contribution in [0.25, 0.3) is 11.0 Å². The van der Waals surface area contributed by atoms with E-state index in [9.17, 15) is 4.79 Å². The summed E-state index contributed by atoms with van der Waals surface area (Å²) in [6.45, 7) is 2.03. The molecule has 2 aliphatic rings. The average molecular weight is 341 g/mol. The van der Waals surface area contributed by atoms with Gasteiger partial charge in [0.1, 0.15) is 6.54 Å². The Labute approximate surface area is 148 Å². The van der Waals surface area contributed by atoms with Crippen molar-refractivity contribution in [1.82, 2.24) is 14.9 Å². The van der Waals surface area contributed by atoms with Crippen LogP contribution in [-0.2, 0) is 16.1 Å². The molecule has 5 heteroatoms. The Morgan fingerprint density at radius 2 is 1.96 bits per heavy atom. The number of carbonyl (C=O) groups excluding carboxylic acids is 1. The molecule has 1 N–H and O–H groups in total. The Bertz CT molecular complexity index is 728. The molecule has 2 heterocycles. The summed E-state index contributed by atoms with van der Waals surface area (Å²) in [6.07, 6.45) is 9.92. The highest BCUT2D eigenvalue weighted by atomic mass is 16.5. The Morgan fingerprint density at radius 3 is 2.76 bits per heavy atom. The minimum atomic E-state index is 0.0997. The third-order valence-electron chi connectivity index (χ3n) is 5.62. The minimum absolute atomic E-state index is 0.0997. The van der Waals surface area contributed by atoms with Crippen LogP contribution in [0.5, 0.6) is 0 Å². The number of imidazole rings is 1. The van der Waals surface area contributed by atoms with Gasteiger partial charge in [-0.15, -0.1) is 0 Å². The van der Waals surface area contributed by atoms with E-state index in [2.05, 4.69) is 28.5 Å². The normalized spacial score (nSPS) is 20.0. The number of rotatable bonds is 4. The maximum absolute atomic E-state index is 12.4. The molecule has 1 aliphatic heterocycles. The zero-order valence-electron chi connectivity index (χ0n) is 14.7. The molecular formula is C20H27N3O2. The lowest BCUT2D eigenvalue weighted by Gasteiger charge is -2.23. The zero-order chi connectivity index (χ0) is 17.1. The maximum Gasteiger partial charge on any atom is 0.240 e. The van der Waals surface area contributed by atoms with Crippen LogP contribution in [0.1, 0.15) is 56.4 Å². The summed E-state index contributed by atoms with van der Waals surface area (Å²) in [5, 5.41) is 3.20. The molecule has 1 aliphatic carbocycles. The van der Waals surface area contributed by atoms with Crippen molar-refractivity contribution in [2.75, 3.05) is 13.2 Å². The largest absolute Gasteiger partial charge is 0.381 e. The van der Waals surface area contributed by atoms with Gasteiger partial charge < -0.3 is 14.6 Å². The number of hydrogen-bond donors (Lipinski definition) is 1. The Hall–Kier alpha value is -1.88. The predicted molar refractivity (Wildman–Crippen MR) is 97.5 cm³/mol. The summed E-state index contributed by atoms with van der Waals surface area (Å²) in [7, 11) is 0. The van der Waals surface area contributed by atoms with Gasteiger partial charge in [-0.1, -0.05) is 25.3 Å². The number of ether oxygens (including phenoxy) is 1. The van der Waals surface area contributed by atoms with E-state index in [1.807, 2.05) is 4.57 Å². The first kappa shape index (κ1) is 16.6. The van der Waals surface area contributed by atoms with Crippen molar-refractivity contribution in [3.63, 3.8) is 0 Å². The van der Waals surface area contributed by atoms with Gasteiger partial charge in [-0.3, -0.25) is 4.79 Å². The number of hydrogen-bond acceptors (Lipinski definition) is 3. The number of benzene rings is 1. The molecule has 2 fully saturated rings. The second kappa shape index (κ2) is 7.56. The first-order valence-corrected chi connectivity index (χ1v) is 9.61. The Balaban J connectivity index is 1.47. The van der Waals surface area contributed by atoms with Crippen molar-refractivity contribution in [3.05, 3.63) is 30.1 Å². The molecule has 4 rings (SSSR count). The molecule has 5 nitrogen and oxygen atoms in total. The second-order valence-electron chi connectivity index (χ2n) is 7.41. The van der Waals surface area contributed by atoms with E-state index >= 15 is 0 Å². The number of nitrogens with one attached hydrogen (secondary N) is 1. The van der Waals surface area contributed by atoms with Crippen LogP contribution in [0.15, 0.2) is 24.5 Å². The third-order valence-corrected chi connectivity index (χ3v) is 5.62. The molecule has 1 aromatic heterocycles. The summed E-state index contributed by atoms with van der Waals surface area (Å²) in [6, 6.07) is 6.83. The van der Waals surface area contributed by atoms with Gasteiger partial charge in [0.15, 0.2) is 0 Å². The van der Waals surface area contributed by atoms with E-state index in [0.29, 0.717) is 18.5 Å². The standard InChI is InChI=1S/C20H27N3O2/c24-20(22-17-4-2-1-3-5-17)13-23-14-21-18-7-6-16(12-19(18)23)15-8-10-25-11-9-15/h6-7,12,14-15,17H,1-5,8-11,13H2,(H,22,24). The molecule has 0 radical (unpaired) electrons. The highest BCUT2D eigenvalue weighted by Gasteiger charge is 2.19. The molecule has 0 spiro atoms. The smallest absolute Gasteiger partial charge is 0.240 e. The first-order chi connectivity index (χ1) is 12.3. The van der Waals surface area contributed by atoms with Crippen LogP contribution in [0.3, 0.4) is 0 Å². The topological polar surface area (TPSA) is 56.2 Å². The van der Waals surface area contributed by atoms with E-state index in [4.69, 9.17) is 4.74 Å². The van der Waals surface area contributed by atoms with E-state index in [0.717, 1.165) is 49.9 Å². The van der Waals surface area contributed by atoms with Crippen molar-refractivity contribution in [1.29, 1.82) is 0 Å². The molecule has 1 aromatic carbocycles. The van der Waals surface area contributed by atoms with Crippen LogP contribution in [0, 0.1) is 0 Å². The zero-order valence-corrected chi connectivity index (χ0v) is 14.7. The van der Waals surface area contributed by atoms with E-state index in [-0.39, 0.29) is 5.91 Å². The van der Waals surface area contributed by atoms with Gasteiger partial charge in [-0.2, -0.15) is 0 Å². The first-order valence-electron chi connectivity index (χ1n) is 9.61. The lowest BCUT2D eigenvalue weighted by atomic mass is 9.91. The monoisotopic (exact) mass is 341 g/mol. The Kier molecular flexibility index (Phi) is 5.02. The van der Waals surface area contributed by atoms with Gasteiger partial charge in [-0.05, 0) is 49.3 Å². The molecule has 0 bridgehead atoms. The minimum Gasteiger partial charge on any atom is -0.381 e. The SMILES string of the molecule is O=C(Cn1cnc2ccc(C3CCOCC3)cc21)NC1CCCCC1. The number of carbonyl (C=O) groups is 1. The van der Waals surface area contributed by atoms with Crippen molar-refractivity contribution in [2.24, 2.45) is 0 Å². The predicted octanol–water partition coefficient (Wildman–Crippen LogP) is 3.38. The highest BCUT2D eigenvalue weighted by molar-refractivity contribution is 5.81. The lowest BCUT2D eigenvalue weighted by Crippen LogP contribution is -2.38. The quantitative estimate of drug-likeness (QED) is 0.927. The second-order valence-corrected chi connectivity index (χ2v) is 7.41. The van der Waals surface area contributed by atoms with Crippen LogP contribution in [-0.4, -0.2) is 34.7 Å².